The van der Waals surface area contributed by atoms with Gasteiger partial charge in [-0.05, 0) is 38.0 Å². The molecule has 2 heterocycles. The second kappa shape index (κ2) is 8.23. The van der Waals surface area contributed by atoms with Crippen LogP contribution in [-0.4, -0.2) is 66.4 Å². The molecule has 6 nitrogen and oxygen atoms in total. The van der Waals surface area contributed by atoms with E-state index in [1.165, 1.54) is 0 Å². The van der Waals surface area contributed by atoms with Crippen molar-refractivity contribution in [1.29, 1.82) is 0 Å². The first-order valence-electron chi connectivity index (χ1n) is 9.17. The standard InChI is InChI=1S/C19H28ClN3O3/c1-19(2)12-23(7-8-26-19)17(13-3-5-14(20)6-4-13)11-22-18(25)16-9-15(24)10-21-16/h3-6,15-17,21,24H,7-12H2,1-2H3,(H,22,25). The maximum absolute atomic E-state index is 12.4. The highest BCUT2D eigenvalue weighted by Crippen LogP contribution is 2.27. The van der Waals surface area contributed by atoms with Gasteiger partial charge in [-0.25, -0.2) is 0 Å². The molecule has 0 bridgehead atoms. The Morgan fingerprint density at radius 2 is 2.19 bits per heavy atom. The van der Waals surface area contributed by atoms with E-state index >= 15 is 0 Å². The van der Waals surface area contributed by atoms with Crippen molar-refractivity contribution < 1.29 is 14.6 Å². The van der Waals surface area contributed by atoms with Crippen molar-refractivity contribution in [2.45, 2.75) is 44.1 Å². The predicted molar refractivity (Wildman–Crippen MR) is 101 cm³/mol. The molecule has 3 unspecified atom stereocenters. The van der Waals surface area contributed by atoms with E-state index in [2.05, 4.69) is 29.4 Å². The molecule has 3 rings (SSSR count). The molecular weight excluding hydrogens is 354 g/mol. The number of hydrogen-bond acceptors (Lipinski definition) is 5. The number of aliphatic hydroxyl groups is 1. The van der Waals surface area contributed by atoms with Gasteiger partial charge in [0.25, 0.3) is 0 Å². The molecule has 1 aromatic rings. The van der Waals surface area contributed by atoms with Crippen molar-refractivity contribution in [2.75, 3.05) is 32.8 Å². The third-order valence-corrected chi connectivity index (χ3v) is 5.30. The smallest absolute Gasteiger partial charge is 0.237 e. The quantitative estimate of drug-likeness (QED) is 0.717. The molecule has 2 aliphatic rings. The van der Waals surface area contributed by atoms with E-state index in [4.69, 9.17) is 16.3 Å². The Bertz CT molecular complexity index is 623. The van der Waals surface area contributed by atoms with Crippen LogP contribution in [0.4, 0.5) is 0 Å². The first kappa shape index (κ1) is 19.6. The normalized spacial score (nSPS) is 27.2. The Balaban J connectivity index is 1.70. The first-order chi connectivity index (χ1) is 12.3. The number of amides is 1. The molecule has 144 valence electrons. The van der Waals surface area contributed by atoms with Gasteiger partial charge in [0.05, 0.1) is 30.4 Å². The number of nitrogens with one attached hydrogen (secondary N) is 2. The maximum Gasteiger partial charge on any atom is 0.237 e. The fourth-order valence-electron chi connectivity index (χ4n) is 3.70. The minimum absolute atomic E-state index is 0.0470. The van der Waals surface area contributed by atoms with Crippen LogP contribution in [0.3, 0.4) is 0 Å². The van der Waals surface area contributed by atoms with Crippen molar-refractivity contribution in [3.05, 3.63) is 34.9 Å². The van der Waals surface area contributed by atoms with Crippen LogP contribution < -0.4 is 10.6 Å². The fraction of sp³-hybridized carbons (Fsp3) is 0.632. The Morgan fingerprint density at radius 1 is 1.46 bits per heavy atom. The van der Waals surface area contributed by atoms with Gasteiger partial charge in [-0.15, -0.1) is 0 Å². The monoisotopic (exact) mass is 381 g/mol. The number of nitrogens with zero attached hydrogens (tertiary/aromatic N) is 1. The summed E-state index contributed by atoms with van der Waals surface area (Å²) in [5.41, 5.74) is 0.899. The van der Waals surface area contributed by atoms with E-state index in [1.54, 1.807) is 0 Å². The summed E-state index contributed by atoms with van der Waals surface area (Å²) in [6, 6.07) is 7.51. The molecular formula is C19H28ClN3O3. The number of benzene rings is 1. The molecule has 0 spiro atoms. The van der Waals surface area contributed by atoms with E-state index < -0.39 is 6.10 Å². The number of carbonyl (C=O) groups excluding carboxylic acids is 1. The molecule has 0 radical (unpaired) electrons. The SMILES string of the molecule is CC1(C)CN(C(CNC(=O)C2CC(O)CN2)c2ccc(Cl)cc2)CCO1. The van der Waals surface area contributed by atoms with Crippen LogP contribution in [0, 0.1) is 0 Å². The van der Waals surface area contributed by atoms with Crippen LogP contribution in [0.15, 0.2) is 24.3 Å². The lowest BCUT2D eigenvalue weighted by atomic mass is 10.0. The van der Waals surface area contributed by atoms with E-state index in [1.807, 2.05) is 24.3 Å². The van der Waals surface area contributed by atoms with E-state index in [0.717, 1.165) is 18.7 Å². The van der Waals surface area contributed by atoms with Gasteiger partial charge < -0.3 is 20.5 Å². The van der Waals surface area contributed by atoms with Crippen LogP contribution in [-0.2, 0) is 9.53 Å². The number of β-amino-alcohol motifs (C(OH)–C–C–N with tert-alkyl or cyclic N) is 1. The van der Waals surface area contributed by atoms with Crippen LogP contribution in [0.25, 0.3) is 0 Å². The zero-order valence-electron chi connectivity index (χ0n) is 15.4. The number of morpholine rings is 1. The summed E-state index contributed by atoms with van der Waals surface area (Å²) in [6.45, 7) is 7.41. The summed E-state index contributed by atoms with van der Waals surface area (Å²) >= 11 is 6.04. The molecule has 0 aromatic heterocycles. The van der Waals surface area contributed by atoms with Crippen LogP contribution in [0.1, 0.15) is 31.9 Å². The van der Waals surface area contributed by atoms with Crippen molar-refractivity contribution in [2.24, 2.45) is 0 Å². The minimum Gasteiger partial charge on any atom is -0.392 e. The summed E-state index contributed by atoms with van der Waals surface area (Å²) in [5.74, 6) is -0.0620. The van der Waals surface area contributed by atoms with Gasteiger partial charge in [0.15, 0.2) is 0 Å². The second-order valence-corrected chi connectivity index (χ2v) is 8.18. The maximum atomic E-state index is 12.4. The van der Waals surface area contributed by atoms with Crippen LogP contribution in [0.5, 0.6) is 0 Å². The molecule has 1 aromatic carbocycles. The highest BCUT2D eigenvalue weighted by atomic mass is 35.5. The molecule has 0 saturated carbocycles. The molecule has 3 atom stereocenters. The lowest BCUT2D eigenvalue weighted by Crippen LogP contribution is -2.52. The lowest BCUT2D eigenvalue weighted by molar-refractivity contribution is -0.124. The molecule has 2 aliphatic heterocycles. The molecule has 26 heavy (non-hydrogen) atoms. The molecule has 2 fully saturated rings. The van der Waals surface area contributed by atoms with Crippen molar-refractivity contribution in [3.63, 3.8) is 0 Å². The van der Waals surface area contributed by atoms with Gasteiger partial charge in [0.1, 0.15) is 0 Å². The van der Waals surface area contributed by atoms with E-state index in [0.29, 0.717) is 31.1 Å². The van der Waals surface area contributed by atoms with Gasteiger partial charge in [-0.1, -0.05) is 23.7 Å². The van der Waals surface area contributed by atoms with Gasteiger partial charge in [0, 0.05) is 31.2 Å². The summed E-state index contributed by atoms with van der Waals surface area (Å²) in [6.07, 6.45) is 0.0139. The lowest BCUT2D eigenvalue weighted by Gasteiger charge is -2.42. The van der Waals surface area contributed by atoms with Crippen molar-refractivity contribution in [1.82, 2.24) is 15.5 Å². The predicted octanol–water partition coefficient (Wildman–Crippen LogP) is 1.33. The number of aliphatic hydroxyl groups excluding tert-OH is 1. The minimum atomic E-state index is -0.446. The Hall–Kier alpha value is -1.18. The molecule has 2 saturated heterocycles. The molecule has 1 amide bonds. The topological polar surface area (TPSA) is 73.8 Å². The first-order valence-corrected chi connectivity index (χ1v) is 9.54. The van der Waals surface area contributed by atoms with E-state index in [-0.39, 0.29) is 23.6 Å². The van der Waals surface area contributed by atoms with Gasteiger partial charge in [-0.2, -0.15) is 0 Å². The van der Waals surface area contributed by atoms with Crippen LogP contribution >= 0.6 is 11.6 Å². The van der Waals surface area contributed by atoms with Crippen LogP contribution in [0.2, 0.25) is 5.02 Å². The second-order valence-electron chi connectivity index (χ2n) is 7.74. The summed E-state index contributed by atoms with van der Waals surface area (Å²) in [5, 5.41) is 16.4. The molecule has 0 aliphatic carbocycles. The Morgan fingerprint density at radius 3 is 2.81 bits per heavy atom. The number of carbonyl (C=O) groups is 1. The summed E-state index contributed by atoms with van der Waals surface area (Å²) < 4.78 is 5.83. The third-order valence-electron chi connectivity index (χ3n) is 5.04. The average molecular weight is 382 g/mol. The van der Waals surface area contributed by atoms with E-state index in [9.17, 15) is 9.90 Å². The third kappa shape index (κ3) is 4.96. The molecule has 3 N–H and O–H groups in total. The van der Waals surface area contributed by atoms with Crippen molar-refractivity contribution >= 4 is 17.5 Å². The highest BCUT2D eigenvalue weighted by Gasteiger charge is 2.33. The Kier molecular flexibility index (Phi) is 6.20. The van der Waals surface area contributed by atoms with Crippen molar-refractivity contribution in [3.8, 4) is 0 Å². The number of ether oxygens (including phenoxy) is 1. The zero-order valence-corrected chi connectivity index (χ0v) is 16.1. The summed E-state index contributed by atoms with van der Waals surface area (Å²) in [4.78, 5) is 14.8. The Labute approximate surface area is 159 Å². The fourth-order valence-corrected chi connectivity index (χ4v) is 3.82. The summed E-state index contributed by atoms with van der Waals surface area (Å²) in [7, 11) is 0. The largest absolute Gasteiger partial charge is 0.392 e. The molecule has 7 heteroatoms. The van der Waals surface area contributed by atoms with Gasteiger partial charge >= 0.3 is 0 Å². The zero-order chi connectivity index (χ0) is 18.7. The average Bonchev–Trinajstić information content (AvgIpc) is 3.02. The number of rotatable bonds is 5. The number of halogens is 1. The van der Waals surface area contributed by atoms with Gasteiger partial charge in [0.2, 0.25) is 5.91 Å². The highest BCUT2D eigenvalue weighted by molar-refractivity contribution is 6.30. The number of hydrogen-bond donors (Lipinski definition) is 3. The van der Waals surface area contributed by atoms with Gasteiger partial charge in [-0.3, -0.25) is 9.69 Å².